The zero-order chi connectivity index (χ0) is 31.8. The van der Waals surface area contributed by atoms with Crippen LogP contribution in [-0.4, -0.2) is 73.9 Å². The molecule has 3 aromatic rings. The quantitative estimate of drug-likeness (QED) is 0.296. The fourth-order valence-corrected chi connectivity index (χ4v) is 6.07. The number of nitrogens with one attached hydrogen (secondary N) is 1. The molecule has 6 rings (SSSR count). The van der Waals surface area contributed by atoms with Gasteiger partial charge in [-0.15, -0.1) is 0 Å². The fraction of sp³-hybridized carbons (Fsp3) is 0.471. The molecule has 3 heterocycles. The lowest BCUT2D eigenvalue weighted by atomic mass is 9.87. The number of hydrogen-bond donors (Lipinski definition) is 1. The summed E-state index contributed by atoms with van der Waals surface area (Å²) < 4.78 is 13.4. The van der Waals surface area contributed by atoms with E-state index in [9.17, 15) is 9.59 Å². The number of aryl methyl sites for hydroxylation is 1. The van der Waals surface area contributed by atoms with E-state index in [-0.39, 0.29) is 17.7 Å². The number of alkyl carbamates (subject to hydrolysis) is 1. The first-order valence-corrected chi connectivity index (χ1v) is 16.0. The minimum Gasteiger partial charge on any atom is -0.443 e. The molecule has 3 aliphatic rings. The number of imidazole rings is 1. The second-order valence-corrected chi connectivity index (χ2v) is 13.3. The van der Waals surface area contributed by atoms with Crippen molar-refractivity contribution in [3.8, 4) is 0 Å². The van der Waals surface area contributed by atoms with Crippen molar-refractivity contribution >= 4 is 29.4 Å². The number of allylic oxidation sites excluding steroid dienone is 1. The first-order chi connectivity index (χ1) is 21.6. The Balaban J connectivity index is 1.35. The second-order valence-electron chi connectivity index (χ2n) is 12.8. The van der Waals surface area contributed by atoms with Crippen molar-refractivity contribution in [2.75, 3.05) is 26.2 Å². The minimum atomic E-state index is -0.561. The SMILES string of the molecule is C/C=C(\c1cc(Cl)ccc1[C@@H](c1ccccn1)N1CCN(C(=O)OC2(C)CC2)CC1)[C@@H](NC(=O)OC1(C)CC1)c1cncn1C. The molecule has 10 nitrogen and oxygen atoms in total. The zero-order valence-corrected chi connectivity index (χ0v) is 27.1. The van der Waals surface area contributed by atoms with Gasteiger partial charge in [0.1, 0.15) is 11.2 Å². The van der Waals surface area contributed by atoms with Crippen LogP contribution in [0.3, 0.4) is 0 Å². The molecular weight excluding hydrogens is 592 g/mol. The maximum absolute atomic E-state index is 13.2. The Labute approximate surface area is 269 Å². The molecule has 2 atom stereocenters. The molecule has 2 aromatic heterocycles. The number of hydrogen-bond acceptors (Lipinski definition) is 7. The smallest absolute Gasteiger partial charge is 0.410 e. The fourth-order valence-electron chi connectivity index (χ4n) is 5.90. The average Bonchev–Trinajstić information content (AvgIpc) is 3.90. The number of halogens is 1. The lowest BCUT2D eigenvalue weighted by Crippen LogP contribution is -2.50. The van der Waals surface area contributed by atoms with Crippen molar-refractivity contribution in [3.05, 3.63) is 88.7 Å². The maximum Gasteiger partial charge on any atom is 0.410 e. The molecular formula is C34H41ClN6O4. The summed E-state index contributed by atoms with van der Waals surface area (Å²) in [5, 5.41) is 3.71. The predicted octanol–water partition coefficient (Wildman–Crippen LogP) is 6.29. The summed E-state index contributed by atoms with van der Waals surface area (Å²) in [7, 11) is 1.90. The summed E-state index contributed by atoms with van der Waals surface area (Å²) in [6.07, 6.45) is 10.1. The lowest BCUT2D eigenvalue weighted by Gasteiger charge is -2.40. The predicted molar refractivity (Wildman–Crippen MR) is 172 cm³/mol. The number of ether oxygens (including phenoxy) is 2. The standard InChI is InChI=1S/C34H41ClN6O4/c1-5-24(29(28-21-36-22-39(28)4)38-31(42)44-33(2)11-12-33)26-20-23(35)9-10-25(26)30(27-8-6-7-15-37-27)40-16-18-41(19-17-40)32(43)45-34(3)13-14-34/h5-10,15,20-22,29-30H,11-14,16-19H2,1-4H3,(H,38,42)/b24-5+/t29-,30+/m1/s1. The molecule has 1 aromatic carbocycles. The number of amides is 2. The molecule has 1 aliphatic heterocycles. The Morgan fingerprint density at radius 3 is 2.33 bits per heavy atom. The Morgan fingerprint density at radius 1 is 1.02 bits per heavy atom. The highest BCUT2D eigenvalue weighted by Gasteiger charge is 2.44. The first-order valence-electron chi connectivity index (χ1n) is 15.6. The van der Waals surface area contributed by atoms with Crippen LogP contribution < -0.4 is 5.32 Å². The van der Waals surface area contributed by atoms with Crippen LogP contribution in [0.25, 0.3) is 5.57 Å². The van der Waals surface area contributed by atoms with Crippen molar-refractivity contribution in [2.45, 2.75) is 69.7 Å². The number of nitrogens with zero attached hydrogens (tertiary/aromatic N) is 5. The summed E-state index contributed by atoms with van der Waals surface area (Å²) in [5.41, 5.74) is 3.68. The number of carbonyl (C=O) groups is 2. The maximum atomic E-state index is 13.2. The van der Waals surface area contributed by atoms with Crippen molar-refractivity contribution in [2.24, 2.45) is 7.05 Å². The van der Waals surface area contributed by atoms with E-state index in [0.717, 1.165) is 53.8 Å². The van der Waals surface area contributed by atoms with E-state index < -0.39 is 17.7 Å². The van der Waals surface area contributed by atoms with Crippen molar-refractivity contribution in [1.82, 2.24) is 29.7 Å². The van der Waals surface area contributed by atoms with Gasteiger partial charge in [0, 0.05) is 44.4 Å². The molecule has 0 spiro atoms. The largest absolute Gasteiger partial charge is 0.443 e. The zero-order valence-electron chi connectivity index (χ0n) is 26.3. The van der Waals surface area contributed by atoms with Crippen LogP contribution in [0.15, 0.2) is 61.2 Å². The van der Waals surface area contributed by atoms with Gasteiger partial charge in [0.15, 0.2) is 0 Å². The molecule has 2 aliphatic carbocycles. The van der Waals surface area contributed by atoms with Crippen molar-refractivity contribution < 1.29 is 19.1 Å². The Bertz CT molecular complexity index is 1570. The molecule has 0 unspecified atom stereocenters. The van der Waals surface area contributed by atoms with Crippen LogP contribution in [0, 0.1) is 0 Å². The lowest BCUT2D eigenvalue weighted by molar-refractivity contribution is 0.0380. The van der Waals surface area contributed by atoms with E-state index in [1.807, 2.05) is 74.9 Å². The van der Waals surface area contributed by atoms with E-state index in [1.165, 1.54) is 0 Å². The van der Waals surface area contributed by atoms with Crippen molar-refractivity contribution in [1.29, 1.82) is 0 Å². The van der Waals surface area contributed by atoms with Crippen LogP contribution in [-0.2, 0) is 16.5 Å². The molecule has 1 N–H and O–H groups in total. The van der Waals surface area contributed by atoms with Crippen LogP contribution in [0.4, 0.5) is 9.59 Å². The number of piperazine rings is 1. The van der Waals surface area contributed by atoms with Gasteiger partial charge in [-0.25, -0.2) is 14.6 Å². The number of rotatable bonds is 9. The van der Waals surface area contributed by atoms with Gasteiger partial charge in [0.05, 0.1) is 36.0 Å². The van der Waals surface area contributed by atoms with E-state index >= 15 is 0 Å². The molecule has 238 valence electrons. The van der Waals surface area contributed by atoms with E-state index in [4.69, 9.17) is 26.1 Å². The van der Waals surface area contributed by atoms with Crippen LogP contribution in [0.1, 0.15) is 81.1 Å². The summed E-state index contributed by atoms with van der Waals surface area (Å²) in [5.74, 6) is 0. The topological polar surface area (TPSA) is 102 Å². The van der Waals surface area contributed by atoms with E-state index in [0.29, 0.717) is 31.2 Å². The van der Waals surface area contributed by atoms with Crippen molar-refractivity contribution in [3.63, 3.8) is 0 Å². The minimum absolute atomic E-state index is 0.239. The van der Waals surface area contributed by atoms with E-state index in [2.05, 4.69) is 15.2 Å². The first kappa shape index (κ1) is 31.1. The third kappa shape index (κ3) is 7.02. The molecule has 2 amide bonds. The van der Waals surface area contributed by atoms with Crippen LogP contribution in [0.5, 0.6) is 0 Å². The van der Waals surface area contributed by atoms with Crippen LogP contribution >= 0.6 is 11.6 Å². The van der Waals surface area contributed by atoms with Crippen LogP contribution in [0.2, 0.25) is 5.02 Å². The Hall–Kier alpha value is -3.89. The Kier molecular flexibility index (Phi) is 8.63. The highest BCUT2D eigenvalue weighted by Crippen LogP contribution is 2.42. The van der Waals surface area contributed by atoms with Gasteiger partial charge >= 0.3 is 12.2 Å². The number of benzene rings is 1. The molecule has 3 fully saturated rings. The summed E-state index contributed by atoms with van der Waals surface area (Å²) in [6.45, 7) is 8.24. The molecule has 2 saturated carbocycles. The molecule has 0 bridgehead atoms. The molecule has 11 heteroatoms. The van der Waals surface area contributed by atoms with Gasteiger partial charge in [-0.3, -0.25) is 9.88 Å². The highest BCUT2D eigenvalue weighted by molar-refractivity contribution is 6.30. The van der Waals surface area contributed by atoms with E-state index in [1.54, 1.807) is 23.6 Å². The Morgan fingerprint density at radius 2 is 1.73 bits per heavy atom. The normalized spacial score (nSPS) is 20.2. The number of aromatic nitrogens is 3. The van der Waals surface area contributed by atoms with Gasteiger partial charge < -0.3 is 24.3 Å². The second kappa shape index (κ2) is 12.5. The number of carbonyl (C=O) groups excluding carboxylic acids is 2. The molecule has 45 heavy (non-hydrogen) atoms. The summed E-state index contributed by atoms with van der Waals surface area (Å²) >= 11 is 6.68. The number of pyridine rings is 1. The molecule has 1 saturated heterocycles. The third-order valence-corrected chi connectivity index (χ3v) is 9.38. The van der Waals surface area contributed by atoms with Gasteiger partial charge in [0.25, 0.3) is 0 Å². The highest BCUT2D eigenvalue weighted by atomic mass is 35.5. The summed E-state index contributed by atoms with van der Waals surface area (Å²) in [6, 6.07) is 11.0. The average molecular weight is 633 g/mol. The van der Waals surface area contributed by atoms with Gasteiger partial charge in [-0.1, -0.05) is 29.8 Å². The summed E-state index contributed by atoms with van der Waals surface area (Å²) in [4.78, 5) is 39.4. The molecule has 0 radical (unpaired) electrons. The third-order valence-electron chi connectivity index (χ3n) is 9.14. The monoisotopic (exact) mass is 632 g/mol. The van der Waals surface area contributed by atoms with Gasteiger partial charge in [-0.2, -0.15) is 0 Å². The van der Waals surface area contributed by atoms with Gasteiger partial charge in [0.2, 0.25) is 0 Å². The van der Waals surface area contributed by atoms with Gasteiger partial charge in [-0.05, 0) is 87.4 Å².